The van der Waals surface area contributed by atoms with E-state index in [4.69, 9.17) is 0 Å². The van der Waals surface area contributed by atoms with Crippen LogP contribution in [-0.2, 0) is 24.8 Å². The normalized spacial score (nSPS) is 11.4. The molecule has 0 spiro atoms. The molecule has 0 radical (unpaired) electrons. The van der Waals surface area contributed by atoms with Crippen molar-refractivity contribution in [2.75, 3.05) is 0 Å². The van der Waals surface area contributed by atoms with E-state index in [1.54, 1.807) is 17.8 Å². The lowest BCUT2D eigenvalue weighted by molar-refractivity contribution is -0.118. The number of rotatable bonds is 5. The molecular formula is C21H16F3N3O2. The number of pyridine rings is 1. The molecule has 0 saturated carbocycles. The van der Waals surface area contributed by atoms with Crippen LogP contribution in [-0.4, -0.2) is 20.1 Å². The van der Waals surface area contributed by atoms with Crippen LogP contribution in [0.4, 0.5) is 13.2 Å². The lowest BCUT2D eigenvalue weighted by Crippen LogP contribution is -2.23. The van der Waals surface area contributed by atoms with Gasteiger partial charge in [0.2, 0.25) is 0 Å². The van der Waals surface area contributed by atoms with Crippen LogP contribution in [0.1, 0.15) is 12.0 Å². The zero-order valence-corrected chi connectivity index (χ0v) is 15.5. The van der Waals surface area contributed by atoms with Gasteiger partial charge in [-0.15, -0.1) is 0 Å². The number of hydrogen-bond donors (Lipinski definition) is 0. The quantitative estimate of drug-likeness (QED) is 0.516. The summed E-state index contributed by atoms with van der Waals surface area (Å²) in [5, 5.41) is 5.09. The Kier molecular flexibility index (Phi) is 4.70. The highest BCUT2D eigenvalue weighted by molar-refractivity contribution is 6.03. The van der Waals surface area contributed by atoms with Crippen molar-refractivity contribution in [3.05, 3.63) is 76.0 Å². The predicted molar refractivity (Wildman–Crippen MR) is 102 cm³/mol. The van der Waals surface area contributed by atoms with Crippen LogP contribution in [0.3, 0.4) is 0 Å². The summed E-state index contributed by atoms with van der Waals surface area (Å²) in [7, 11) is 1.69. The lowest BCUT2D eigenvalue weighted by Gasteiger charge is -2.12. The van der Waals surface area contributed by atoms with Crippen molar-refractivity contribution in [3.63, 3.8) is 0 Å². The van der Waals surface area contributed by atoms with Gasteiger partial charge >= 0.3 is 0 Å². The van der Waals surface area contributed by atoms with Crippen molar-refractivity contribution >= 4 is 27.6 Å². The Bertz CT molecular complexity index is 1320. The van der Waals surface area contributed by atoms with E-state index in [1.165, 1.54) is 22.9 Å². The second kappa shape index (κ2) is 7.20. The minimum atomic E-state index is -0.666. The van der Waals surface area contributed by atoms with Gasteiger partial charge in [-0.05, 0) is 42.0 Å². The van der Waals surface area contributed by atoms with Gasteiger partial charge in [0.15, 0.2) is 0 Å². The van der Waals surface area contributed by atoms with Crippen molar-refractivity contribution < 1.29 is 18.0 Å². The molecule has 0 aliphatic heterocycles. The molecule has 0 bridgehead atoms. The Morgan fingerprint density at radius 3 is 2.55 bits per heavy atom. The maximum atomic E-state index is 13.9. The van der Waals surface area contributed by atoms with Crippen LogP contribution >= 0.6 is 0 Å². The van der Waals surface area contributed by atoms with E-state index in [9.17, 15) is 22.8 Å². The van der Waals surface area contributed by atoms with E-state index in [2.05, 4.69) is 5.10 Å². The first-order valence-electron chi connectivity index (χ1n) is 8.94. The summed E-state index contributed by atoms with van der Waals surface area (Å²) >= 11 is 0. The Labute approximate surface area is 163 Å². The van der Waals surface area contributed by atoms with Crippen molar-refractivity contribution in [2.45, 2.75) is 19.4 Å². The van der Waals surface area contributed by atoms with E-state index in [1.807, 2.05) is 0 Å². The monoisotopic (exact) mass is 399 g/mol. The number of halogens is 3. The first kappa shape index (κ1) is 18.9. The van der Waals surface area contributed by atoms with Crippen LogP contribution in [0, 0.1) is 17.5 Å². The first-order valence-corrected chi connectivity index (χ1v) is 8.94. The third-order valence-corrected chi connectivity index (χ3v) is 4.93. The number of ketones is 1. The average Bonchev–Trinajstić information content (AvgIpc) is 3.06. The van der Waals surface area contributed by atoms with Crippen LogP contribution in [0.15, 0.2) is 47.4 Å². The van der Waals surface area contributed by atoms with Gasteiger partial charge in [0.05, 0.1) is 22.6 Å². The third kappa shape index (κ3) is 3.41. The molecule has 5 nitrogen and oxygen atoms in total. The smallest absolute Gasteiger partial charge is 0.262 e. The van der Waals surface area contributed by atoms with Crippen molar-refractivity contribution in [2.24, 2.45) is 7.05 Å². The fourth-order valence-electron chi connectivity index (χ4n) is 3.53. The molecule has 0 unspecified atom stereocenters. The van der Waals surface area contributed by atoms with E-state index in [0.717, 1.165) is 18.2 Å². The molecule has 0 fully saturated rings. The van der Waals surface area contributed by atoms with E-state index in [-0.39, 0.29) is 30.7 Å². The molecule has 0 aliphatic carbocycles. The molecule has 148 valence electrons. The largest absolute Gasteiger partial charge is 0.307 e. The van der Waals surface area contributed by atoms with E-state index >= 15 is 0 Å². The summed E-state index contributed by atoms with van der Waals surface area (Å²) in [5.74, 6) is -2.17. The molecule has 8 heteroatoms. The topological polar surface area (TPSA) is 56.9 Å². The lowest BCUT2D eigenvalue weighted by atomic mass is 10.1. The number of hydrogen-bond acceptors (Lipinski definition) is 3. The van der Waals surface area contributed by atoms with Crippen molar-refractivity contribution in [1.82, 2.24) is 14.3 Å². The Balaban J connectivity index is 1.69. The average molecular weight is 399 g/mol. The number of aromatic nitrogens is 3. The molecule has 4 rings (SSSR count). The van der Waals surface area contributed by atoms with Crippen molar-refractivity contribution in [1.29, 1.82) is 0 Å². The Hall–Kier alpha value is -3.42. The minimum absolute atomic E-state index is 0.0145. The molecule has 29 heavy (non-hydrogen) atoms. The maximum absolute atomic E-state index is 13.9. The second-order valence-corrected chi connectivity index (χ2v) is 6.85. The zero-order chi connectivity index (χ0) is 20.7. The minimum Gasteiger partial charge on any atom is -0.307 e. The highest BCUT2D eigenvalue weighted by atomic mass is 19.1. The number of benzene rings is 2. The SMILES string of the molecule is Cn1ncc2c(=O)n(CCC(=O)Cc3cc(F)ccc3F)c3cc(F)ccc3c21. The second-order valence-electron chi connectivity index (χ2n) is 6.85. The maximum Gasteiger partial charge on any atom is 0.262 e. The molecule has 2 aromatic carbocycles. The predicted octanol–water partition coefficient (Wildman–Crippen LogP) is 3.51. The standard InChI is InChI=1S/C21H16F3N3O2/c1-26-20-16-4-2-14(23)10-19(16)27(21(29)17(20)11-25-26)7-6-15(28)9-12-8-13(22)3-5-18(12)24/h2-5,8,10-11H,6-7,9H2,1H3. The van der Waals surface area contributed by atoms with E-state index < -0.39 is 23.0 Å². The molecule has 0 amide bonds. The molecule has 0 atom stereocenters. The summed E-state index contributed by atoms with van der Waals surface area (Å²) < 4.78 is 43.8. The number of carbonyl (C=O) groups is 1. The third-order valence-electron chi connectivity index (χ3n) is 4.93. The van der Waals surface area contributed by atoms with Gasteiger partial charge < -0.3 is 4.57 Å². The van der Waals surface area contributed by atoms with Gasteiger partial charge in [-0.3, -0.25) is 14.3 Å². The van der Waals surface area contributed by atoms with Gasteiger partial charge in [0.1, 0.15) is 23.2 Å². The molecule has 0 saturated heterocycles. The van der Waals surface area contributed by atoms with Crippen LogP contribution in [0.5, 0.6) is 0 Å². The highest BCUT2D eigenvalue weighted by Crippen LogP contribution is 2.23. The number of fused-ring (bicyclic) bond motifs is 3. The summed E-state index contributed by atoms with van der Waals surface area (Å²) in [4.78, 5) is 25.2. The number of carbonyl (C=O) groups excluding carboxylic acids is 1. The number of nitrogens with zero attached hydrogens (tertiary/aromatic N) is 3. The Morgan fingerprint density at radius 1 is 1.03 bits per heavy atom. The van der Waals surface area contributed by atoms with E-state index in [0.29, 0.717) is 21.8 Å². The van der Waals surface area contributed by atoms with Crippen LogP contribution in [0.2, 0.25) is 0 Å². The number of Topliss-reactive ketones (excluding diaryl/α,β-unsaturated/α-hetero) is 1. The fourth-order valence-corrected chi connectivity index (χ4v) is 3.53. The van der Waals surface area contributed by atoms with Crippen LogP contribution < -0.4 is 5.56 Å². The molecule has 0 N–H and O–H groups in total. The molecule has 2 aromatic heterocycles. The zero-order valence-electron chi connectivity index (χ0n) is 15.5. The first-order chi connectivity index (χ1) is 13.8. The summed E-state index contributed by atoms with van der Waals surface area (Å²) in [6.45, 7) is -0.0145. The molecule has 4 aromatic rings. The van der Waals surface area contributed by atoms with Gasteiger partial charge in [0, 0.05) is 31.8 Å². The summed E-state index contributed by atoms with van der Waals surface area (Å²) in [5.41, 5.74) is 0.488. The fraction of sp³-hybridized carbons (Fsp3) is 0.190. The Morgan fingerprint density at radius 2 is 1.76 bits per heavy atom. The summed E-state index contributed by atoms with van der Waals surface area (Å²) in [6.07, 6.45) is 1.05. The van der Waals surface area contributed by atoms with Gasteiger partial charge in [-0.2, -0.15) is 5.10 Å². The molecule has 2 heterocycles. The van der Waals surface area contributed by atoms with Gasteiger partial charge in [-0.1, -0.05) is 0 Å². The molecule has 0 aliphatic rings. The van der Waals surface area contributed by atoms with Crippen molar-refractivity contribution in [3.8, 4) is 0 Å². The van der Waals surface area contributed by atoms with Gasteiger partial charge in [-0.25, -0.2) is 13.2 Å². The highest BCUT2D eigenvalue weighted by Gasteiger charge is 2.16. The molecular weight excluding hydrogens is 383 g/mol. The summed E-state index contributed by atoms with van der Waals surface area (Å²) in [6, 6.07) is 7.02. The number of aryl methyl sites for hydroxylation is 2. The van der Waals surface area contributed by atoms with Crippen LogP contribution in [0.25, 0.3) is 21.8 Å². The van der Waals surface area contributed by atoms with Gasteiger partial charge in [0.25, 0.3) is 5.56 Å².